The summed E-state index contributed by atoms with van der Waals surface area (Å²) in [6.07, 6.45) is 5.59. The zero-order chi connectivity index (χ0) is 10.1. The number of likely N-dealkylation sites (N-methyl/N-ethyl adjacent to an activating group) is 1. The summed E-state index contributed by atoms with van der Waals surface area (Å²) in [5.74, 6) is 0.906. The maximum Gasteiger partial charge on any atom is 0.0252 e. The average Bonchev–Trinajstić information content (AvgIpc) is 2.71. The van der Waals surface area contributed by atoms with E-state index < -0.39 is 0 Å². The lowest BCUT2D eigenvalue weighted by atomic mass is 10.1. The first kappa shape index (κ1) is 10.4. The van der Waals surface area contributed by atoms with Crippen molar-refractivity contribution in [3.8, 4) is 0 Å². The highest BCUT2D eigenvalue weighted by molar-refractivity contribution is 4.94. The van der Waals surface area contributed by atoms with E-state index in [9.17, 15) is 0 Å². The molecule has 82 valence electrons. The molecule has 1 saturated carbocycles. The van der Waals surface area contributed by atoms with Crippen LogP contribution < -0.4 is 5.32 Å². The van der Waals surface area contributed by atoms with Crippen LogP contribution in [-0.2, 0) is 0 Å². The van der Waals surface area contributed by atoms with E-state index in [0.29, 0.717) is 0 Å². The summed E-state index contributed by atoms with van der Waals surface area (Å²) in [4.78, 5) is 2.75. The molecule has 1 heterocycles. The van der Waals surface area contributed by atoms with Gasteiger partial charge in [0.1, 0.15) is 0 Å². The molecule has 2 nitrogen and oxygen atoms in total. The fraction of sp³-hybridized carbons (Fsp3) is 1.00. The van der Waals surface area contributed by atoms with Gasteiger partial charge in [0.25, 0.3) is 0 Å². The highest BCUT2D eigenvalue weighted by Gasteiger charge is 2.37. The molecule has 0 spiro atoms. The molecule has 0 amide bonds. The number of rotatable bonds is 2. The summed E-state index contributed by atoms with van der Waals surface area (Å²) in [6, 6.07) is 2.38. The fourth-order valence-electron chi connectivity index (χ4n) is 3.47. The average molecular weight is 196 g/mol. The van der Waals surface area contributed by atoms with Gasteiger partial charge >= 0.3 is 0 Å². The van der Waals surface area contributed by atoms with Gasteiger partial charge in [-0.15, -0.1) is 0 Å². The van der Waals surface area contributed by atoms with E-state index in [1.165, 1.54) is 32.2 Å². The second-order valence-electron chi connectivity index (χ2n) is 5.28. The molecule has 2 rings (SSSR count). The molecule has 0 aromatic heterocycles. The summed E-state index contributed by atoms with van der Waals surface area (Å²) in [6.45, 7) is 6.11. The topological polar surface area (TPSA) is 15.3 Å². The van der Waals surface area contributed by atoms with E-state index in [2.05, 4.69) is 31.1 Å². The Morgan fingerprint density at radius 1 is 1.21 bits per heavy atom. The summed E-state index contributed by atoms with van der Waals surface area (Å²) in [5, 5.41) is 3.48. The van der Waals surface area contributed by atoms with Gasteiger partial charge in [0.05, 0.1) is 0 Å². The minimum atomic E-state index is 0.753. The van der Waals surface area contributed by atoms with Crippen LogP contribution >= 0.6 is 0 Å². The molecule has 4 atom stereocenters. The van der Waals surface area contributed by atoms with Crippen molar-refractivity contribution in [1.82, 2.24) is 10.2 Å². The Morgan fingerprint density at radius 3 is 2.57 bits per heavy atom. The molecule has 2 fully saturated rings. The SMILES string of the molecule is CNC1CCCC1N1CC(C)CC1C. The largest absolute Gasteiger partial charge is 0.315 e. The minimum absolute atomic E-state index is 0.753. The Kier molecular flexibility index (Phi) is 3.13. The van der Waals surface area contributed by atoms with Crippen molar-refractivity contribution in [2.24, 2.45) is 5.92 Å². The second-order valence-corrected chi connectivity index (χ2v) is 5.28. The Morgan fingerprint density at radius 2 is 2.00 bits per heavy atom. The standard InChI is InChI=1S/C12H24N2/c1-9-7-10(2)14(8-9)12-6-4-5-11(12)13-3/h9-13H,4-8H2,1-3H3. The van der Waals surface area contributed by atoms with E-state index in [0.717, 1.165) is 24.0 Å². The van der Waals surface area contributed by atoms with Gasteiger partial charge in [-0.05, 0) is 39.2 Å². The Hall–Kier alpha value is -0.0800. The minimum Gasteiger partial charge on any atom is -0.315 e. The van der Waals surface area contributed by atoms with E-state index in [1.54, 1.807) is 0 Å². The van der Waals surface area contributed by atoms with Crippen LogP contribution in [0.5, 0.6) is 0 Å². The lowest BCUT2D eigenvalue weighted by molar-refractivity contribution is 0.166. The lowest BCUT2D eigenvalue weighted by Gasteiger charge is -2.32. The molecular formula is C12H24N2. The molecule has 2 aliphatic rings. The van der Waals surface area contributed by atoms with Gasteiger partial charge < -0.3 is 5.32 Å². The van der Waals surface area contributed by atoms with Crippen LogP contribution in [0.1, 0.15) is 39.5 Å². The third-order valence-corrected chi connectivity index (χ3v) is 4.11. The molecule has 14 heavy (non-hydrogen) atoms. The summed E-state index contributed by atoms with van der Waals surface area (Å²) >= 11 is 0. The van der Waals surface area contributed by atoms with Crippen LogP contribution in [0, 0.1) is 5.92 Å². The van der Waals surface area contributed by atoms with Gasteiger partial charge in [0.2, 0.25) is 0 Å². The molecule has 2 heteroatoms. The van der Waals surface area contributed by atoms with Gasteiger partial charge in [0, 0.05) is 24.7 Å². The van der Waals surface area contributed by atoms with Crippen molar-refractivity contribution in [2.45, 2.75) is 57.7 Å². The number of hydrogen-bond donors (Lipinski definition) is 1. The van der Waals surface area contributed by atoms with Gasteiger partial charge in [-0.3, -0.25) is 4.90 Å². The third kappa shape index (κ3) is 1.82. The normalized spacial score (nSPS) is 44.8. The van der Waals surface area contributed by atoms with Crippen molar-refractivity contribution >= 4 is 0 Å². The monoisotopic (exact) mass is 196 g/mol. The first-order valence-corrected chi connectivity index (χ1v) is 6.15. The Bertz CT molecular complexity index is 193. The van der Waals surface area contributed by atoms with Crippen LogP contribution in [0.15, 0.2) is 0 Å². The molecule has 0 aromatic carbocycles. The second kappa shape index (κ2) is 4.19. The van der Waals surface area contributed by atoms with Crippen LogP contribution in [0.3, 0.4) is 0 Å². The van der Waals surface area contributed by atoms with Crippen molar-refractivity contribution < 1.29 is 0 Å². The first-order valence-electron chi connectivity index (χ1n) is 6.15. The molecule has 4 unspecified atom stereocenters. The van der Waals surface area contributed by atoms with Crippen molar-refractivity contribution in [1.29, 1.82) is 0 Å². The van der Waals surface area contributed by atoms with Crippen LogP contribution in [-0.4, -0.2) is 36.6 Å². The number of hydrogen-bond acceptors (Lipinski definition) is 2. The maximum absolute atomic E-state index is 3.48. The Labute approximate surface area is 88.1 Å². The predicted molar refractivity (Wildman–Crippen MR) is 60.4 cm³/mol. The Balaban J connectivity index is 2.00. The first-order chi connectivity index (χ1) is 6.72. The van der Waals surface area contributed by atoms with Crippen molar-refractivity contribution in [3.63, 3.8) is 0 Å². The fourth-order valence-corrected chi connectivity index (χ4v) is 3.47. The number of likely N-dealkylation sites (tertiary alicyclic amines) is 1. The molecular weight excluding hydrogens is 172 g/mol. The highest BCUT2D eigenvalue weighted by atomic mass is 15.2. The van der Waals surface area contributed by atoms with E-state index in [-0.39, 0.29) is 0 Å². The third-order valence-electron chi connectivity index (χ3n) is 4.11. The molecule has 1 saturated heterocycles. The lowest BCUT2D eigenvalue weighted by Crippen LogP contribution is -2.47. The van der Waals surface area contributed by atoms with Crippen LogP contribution in [0.4, 0.5) is 0 Å². The maximum atomic E-state index is 3.48. The van der Waals surface area contributed by atoms with Gasteiger partial charge in [-0.2, -0.15) is 0 Å². The van der Waals surface area contributed by atoms with Gasteiger partial charge in [-0.1, -0.05) is 13.3 Å². The zero-order valence-corrected chi connectivity index (χ0v) is 9.79. The summed E-state index contributed by atoms with van der Waals surface area (Å²) < 4.78 is 0. The highest BCUT2D eigenvalue weighted by Crippen LogP contribution is 2.32. The smallest absolute Gasteiger partial charge is 0.0252 e. The predicted octanol–water partition coefficient (Wildman–Crippen LogP) is 1.86. The van der Waals surface area contributed by atoms with Crippen LogP contribution in [0.2, 0.25) is 0 Å². The van der Waals surface area contributed by atoms with Gasteiger partial charge in [0.15, 0.2) is 0 Å². The summed E-state index contributed by atoms with van der Waals surface area (Å²) in [5.41, 5.74) is 0. The molecule has 0 bridgehead atoms. The molecule has 0 radical (unpaired) electrons. The van der Waals surface area contributed by atoms with E-state index in [1.807, 2.05) is 0 Å². The van der Waals surface area contributed by atoms with Crippen molar-refractivity contribution in [2.75, 3.05) is 13.6 Å². The zero-order valence-electron chi connectivity index (χ0n) is 9.79. The van der Waals surface area contributed by atoms with E-state index >= 15 is 0 Å². The molecule has 1 aliphatic carbocycles. The van der Waals surface area contributed by atoms with E-state index in [4.69, 9.17) is 0 Å². The molecule has 1 N–H and O–H groups in total. The molecule has 0 aromatic rings. The van der Waals surface area contributed by atoms with Crippen LogP contribution in [0.25, 0.3) is 0 Å². The number of nitrogens with zero attached hydrogens (tertiary/aromatic N) is 1. The quantitative estimate of drug-likeness (QED) is 0.725. The molecule has 1 aliphatic heterocycles. The van der Waals surface area contributed by atoms with Gasteiger partial charge in [-0.25, -0.2) is 0 Å². The van der Waals surface area contributed by atoms with Crippen molar-refractivity contribution in [3.05, 3.63) is 0 Å². The summed E-state index contributed by atoms with van der Waals surface area (Å²) in [7, 11) is 2.12. The number of nitrogens with one attached hydrogen (secondary N) is 1.